The summed E-state index contributed by atoms with van der Waals surface area (Å²) >= 11 is 5.73. The molecule has 0 unspecified atom stereocenters. The molecule has 0 saturated carbocycles. The van der Waals surface area contributed by atoms with E-state index >= 15 is 0 Å². The summed E-state index contributed by atoms with van der Waals surface area (Å²) in [6.07, 6.45) is 0.935. The fourth-order valence-corrected chi connectivity index (χ4v) is 1.57. The number of nitrogens with zero attached hydrogens (tertiary/aromatic N) is 2. The van der Waals surface area contributed by atoms with E-state index in [4.69, 9.17) is 16.1 Å². The number of anilines is 1. The van der Waals surface area contributed by atoms with Crippen molar-refractivity contribution in [2.75, 3.05) is 5.32 Å². The molecule has 0 spiro atoms. The van der Waals surface area contributed by atoms with Gasteiger partial charge in [-0.1, -0.05) is 30.6 Å². The van der Waals surface area contributed by atoms with Gasteiger partial charge in [0.15, 0.2) is 0 Å². The number of aromatic nitrogens is 2. The molecule has 1 N–H and O–H groups in total. The number of hydrogen-bond acceptors (Lipinski definition) is 4. The van der Waals surface area contributed by atoms with E-state index in [9.17, 15) is 9.18 Å². The molecular formula is C12H11ClFN3O2. The van der Waals surface area contributed by atoms with Gasteiger partial charge in [-0.05, 0) is 12.0 Å². The summed E-state index contributed by atoms with van der Waals surface area (Å²) in [6.45, 7) is 3.88. The van der Waals surface area contributed by atoms with Crippen molar-refractivity contribution in [2.45, 2.75) is 19.8 Å². The minimum absolute atomic E-state index is 0.0656. The lowest BCUT2D eigenvalue weighted by Crippen LogP contribution is -2.13. The van der Waals surface area contributed by atoms with Crippen LogP contribution in [-0.2, 0) is 0 Å². The Labute approximate surface area is 113 Å². The third-order valence-electron chi connectivity index (χ3n) is 2.41. The maximum atomic E-state index is 13.0. The second-order valence-corrected chi connectivity index (χ2v) is 4.57. The van der Waals surface area contributed by atoms with Crippen LogP contribution in [0.2, 0.25) is 5.15 Å². The van der Waals surface area contributed by atoms with Crippen LogP contribution in [0, 0.1) is 5.82 Å². The largest absolute Gasteiger partial charge is 0.338 e. The highest BCUT2D eigenvalue weighted by atomic mass is 35.5. The van der Waals surface area contributed by atoms with E-state index in [0.717, 1.165) is 12.3 Å². The molecule has 2 rings (SSSR count). The molecule has 0 aliphatic heterocycles. The highest BCUT2D eigenvalue weighted by Crippen LogP contribution is 2.20. The quantitative estimate of drug-likeness (QED) is 0.878. The van der Waals surface area contributed by atoms with Crippen LogP contribution in [0.15, 0.2) is 22.9 Å². The Balaban J connectivity index is 2.18. The molecule has 2 heterocycles. The average molecular weight is 284 g/mol. The molecule has 100 valence electrons. The van der Waals surface area contributed by atoms with Crippen LogP contribution in [0.4, 0.5) is 10.3 Å². The molecule has 0 aliphatic rings. The summed E-state index contributed by atoms with van der Waals surface area (Å²) in [5.41, 5.74) is 0.642. The van der Waals surface area contributed by atoms with Gasteiger partial charge < -0.3 is 4.52 Å². The van der Waals surface area contributed by atoms with Gasteiger partial charge in [-0.2, -0.15) is 0 Å². The van der Waals surface area contributed by atoms with Crippen LogP contribution in [0.5, 0.6) is 0 Å². The van der Waals surface area contributed by atoms with E-state index in [1.807, 2.05) is 13.8 Å². The minimum Gasteiger partial charge on any atom is -0.338 e. The van der Waals surface area contributed by atoms with Gasteiger partial charge in [0.05, 0.1) is 17.5 Å². The average Bonchev–Trinajstić information content (AvgIpc) is 2.80. The Morgan fingerprint density at radius 3 is 2.84 bits per heavy atom. The summed E-state index contributed by atoms with van der Waals surface area (Å²) in [6, 6.07) is 2.60. The van der Waals surface area contributed by atoms with E-state index in [2.05, 4.69) is 15.5 Å². The van der Waals surface area contributed by atoms with Crippen molar-refractivity contribution in [1.29, 1.82) is 0 Å². The Morgan fingerprint density at radius 2 is 2.21 bits per heavy atom. The number of amides is 1. The van der Waals surface area contributed by atoms with Crippen LogP contribution >= 0.6 is 11.6 Å². The molecule has 0 aliphatic carbocycles. The molecule has 0 atom stereocenters. The lowest BCUT2D eigenvalue weighted by atomic mass is 10.1. The monoisotopic (exact) mass is 283 g/mol. The first kappa shape index (κ1) is 13.5. The Bertz CT molecular complexity index is 613. The number of hydrogen-bond donors (Lipinski definition) is 1. The van der Waals surface area contributed by atoms with Crippen molar-refractivity contribution in [1.82, 2.24) is 10.1 Å². The second kappa shape index (κ2) is 5.36. The summed E-state index contributed by atoms with van der Waals surface area (Å²) in [4.78, 5) is 15.4. The Kier molecular flexibility index (Phi) is 3.80. The predicted octanol–water partition coefficient (Wildman–Crippen LogP) is 3.24. The fourth-order valence-electron chi connectivity index (χ4n) is 1.38. The van der Waals surface area contributed by atoms with Crippen molar-refractivity contribution in [3.8, 4) is 0 Å². The van der Waals surface area contributed by atoms with Crippen LogP contribution in [0.3, 0.4) is 0 Å². The van der Waals surface area contributed by atoms with E-state index < -0.39 is 11.7 Å². The van der Waals surface area contributed by atoms with Gasteiger partial charge in [-0.3, -0.25) is 10.1 Å². The lowest BCUT2D eigenvalue weighted by molar-refractivity contribution is 0.102. The number of halogens is 2. The zero-order chi connectivity index (χ0) is 14.0. The number of carbonyl (C=O) groups excluding carboxylic acids is 1. The van der Waals surface area contributed by atoms with Crippen LogP contribution in [-0.4, -0.2) is 16.0 Å². The maximum Gasteiger partial charge on any atom is 0.261 e. The van der Waals surface area contributed by atoms with E-state index in [1.165, 1.54) is 0 Å². The summed E-state index contributed by atoms with van der Waals surface area (Å²) in [5.74, 6) is -0.902. The summed E-state index contributed by atoms with van der Waals surface area (Å²) in [5, 5.41) is 6.15. The topological polar surface area (TPSA) is 68.0 Å². The van der Waals surface area contributed by atoms with Crippen molar-refractivity contribution in [3.63, 3.8) is 0 Å². The van der Waals surface area contributed by atoms with Crippen LogP contribution in [0.25, 0.3) is 0 Å². The summed E-state index contributed by atoms with van der Waals surface area (Å²) in [7, 11) is 0. The van der Waals surface area contributed by atoms with Gasteiger partial charge in [-0.15, -0.1) is 0 Å². The molecule has 19 heavy (non-hydrogen) atoms. The zero-order valence-corrected chi connectivity index (χ0v) is 11.0. The van der Waals surface area contributed by atoms with Gasteiger partial charge in [0, 0.05) is 6.07 Å². The molecule has 2 aromatic rings. The molecule has 0 aromatic carbocycles. The first-order valence-corrected chi connectivity index (χ1v) is 5.94. The molecule has 0 saturated heterocycles. The first-order valence-electron chi connectivity index (χ1n) is 5.56. The molecular weight excluding hydrogens is 273 g/mol. The number of nitrogens with one attached hydrogen (secondary N) is 1. The van der Waals surface area contributed by atoms with Gasteiger partial charge in [0.1, 0.15) is 11.0 Å². The molecule has 5 nitrogen and oxygen atoms in total. The normalized spacial score (nSPS) is 10.8. The van der Waals surface area contributed by atoms with E-state index in [-0.39, 0.29) is 22.5 Å². The van der Waals surface area contributed by atoms with Gasteiger partial charge in [0.2, 0.25) is 5.88 Å². The number of rotatable bonds is 3. The van der Waals surface area contributed by atoms with Crippen LogP contribution in [0.1, 0.15) is 35.8 Å². The van der Waals surface area contributed by atoms with Crippen molar-refractivity contribution in [3.05, 3.63) is 40.6 Å². The standard InChI is InChI=1S/C12H11ClFN3O2/c1-6(2)9-4-10(19-17-9)16-12(18)8-3-7(14)5-15-11(8)13/h3-6H,1-2H3,(H,16,18). The SMILES string of the molecule is CC(C)c1cc(NC(=O)c2cc(F)cnc2Cl)on1. The Morgan fingerprint density at radius 1 is 1.47 bits per heavy atom. The molecule has 1 amide bonds. The fraction of sp³-hybridized carbons (Fsp3) is 0.250. The smallest absolute Gasteiger partial charge is 0.261 e. The van der Waals surface area contributed by atoms with Gasteiger partial charge in [-0.25, -0.2) is 9.37 Å². The molecule has 0 radical (unpaired) electrons. The zero-order valence-electron chi connectivity index (χ0n) is 10.3. The van der Waals surface area contributed by atoms with Gasteiger partial charge >= 0.3 is 0 Å². The first-order chi connectivity index (χ1) is 8.97. The summed E-state index contributed by atoms with van der Waals surface area (Å²) < 4.78 is 18.0. The van der Waals surface area contributed by atoms with Crippen LogP contribution < -0.4 is 5.32 Å². The highest BCUT2D eigenvalue weighted by Gasteiger charge is 2.16. The van der Waals surface area contributed by atoms with Crippen molar-refractivity contribution in [2.24, 2.45) is 0 Å². The van der Waals surface area contributed by atoms with Gasteiger partial charge in [0.25, 0.3) is 5.91 Å². The minimum atomic E-state index is -0.644. The second-order valence-electron chi connectivity index (χ2n) is 4.22. The number of pyridine rings is 1. The molecule has 0 bridgehead atoms. The molecule has 0 fully saturated rings. The third-order valence-corrected chi connectivity index (χ3v) is 2.71. The van der Waals surface area contributed by atoms with E-state index in [1.54, 1.807) is 6.07 Å². The highest BCUT2D eigenvalue weighted by molar-refractivity contribution is 6.33. The molecule has 2 aromatic heterocycles. The third kappa shape index (κ3) is 3.08. The molecule has 7 heteroatoms. The lowest BCUT2D eigenvalue weighted by Gasteiger charge is -2.02. The maximum absolute atomic E-state index is 13.0. The number of carbonyl (C=O) groups is 1. The predicted molar refractivity (Wildman–Crippen MR) is 67.8 cm³/mol. The van der Waals surface area contributed by atoms with E-state index in [0.29, 0.717) is 5.69 Å². The van der Waals surface area contributed by atoms with Crippen molar-refractivity contribution >= 4 is 23.4 Å². The Hall–Kier alpha value is -1.95. The van der Waals surface area contributed by atoms with Crippen molar-refractivity contribution < 1.29 is 13.7 Å².